The van der Waals surface area contributed by atoms with Gasteiger partial charge in [-0.25, -0.2) is 0 Å². The molecule has 3 heteroatoms. The number of rotatable bonds is 2. The normalized spacial score (nSPS) is 19.3. The van der Waals surface area contributed by atoms with Gasteiger partial charge < -0.3 is 4.74 Å². The van der Waals surface area contributed by atoms with Gasteiger partial charge in [0, 0.05) is 0 Å². The van der Waals surface area contributed by atoms with Crippen molar-refractivity contribution in [2.24, 2.45) is 0 Å². The summed E-state index contributed by atoms with van der Waals surface area (Å²) >= 11 is 0. The highest BCUT2D eigenvalue weighted by atomic mass is 16.5. The van der Waals surface area contributed by atoms with Gasteiger partial charge in [0.05, 0.1) is 0 Å². The van der Waals surface area contributed by atoms with Crippen LogP contribution in [0.15, 0.2) is 72.3 Å². The molecule has 2 rings (SSSR count). The third-order valence-electron chi connectivity index (χ3n) is 2.24. The molecule has 0 aromatic heterocycles. The number of ether oxygens (including phenoxy) is 1. The van der Waals surface area contributed by atoms with Crippen LogP contribution in [-0.4, -0.2) is 11.6 Å². The van der Waals surface area contributed by atoms with E-state index in [9.17, 15) is 9.59 Å². The lowest BCUT2D eigenvalue weighted by Crippen LogP contribution is -2.12. The maximum absolute atomic E-state index is 11.5. The molecule has 0 spiro atoms. The Balaban J connectivity index is 2.22. The van der Waals surface area contributed by atoms with Gasteiger partial charge in [0.15, 0.2) is 11.5 Å². The topological polar surface area (TPSA) is 43.4 Å². The Morgan fingerprint density at radius 1 is 0.765 bits per heavy atom. The van der Waals surface area contributed by atoms with Gasteiger partial charge in [-0.15, -0.1) is 0 Å². The monoisotopic (exact) mass is 226 g/mol. The average Bonchev–Trinajstić information content (AvgIpc) is 2.28. The highest BCUT2D eigenvalue weighted by Crippen LogP contribution is 2.20. The predicted octanol–water partition coefficient (Wildman–Crippen LogP) is 2.16. The molecule has 0 saturated heterocycles. The molecule has 0 aliphatic heterocycles. The Bertz CT molecular complexity index is 504. The van der Waals surface area contributed by atoms with Crippen LogP contribution in [0.4, 0.5) is 0 Å². The van der Waals surface area contributed by atoms with E-state index in [1.165, 1.54) is 24.3 Å². The van der Waals surface area contributed by atoms with Crippen LogP contribution in [0.2, 0.25) is 0 Å². The lowest BCUT2D eigenvalue weighted by atomic mass is 10.1. The third kappa shape index (κ3) is 2.39. The van der Waals surface area contributed by atoms with E-state index in [0.717, 1.165) is 0 Å². The van der Waals surface area contributed by atoms with E-state index in [4.69, 9.17) is 4.74 Å². The zero-order valence-electron chi connectivity index (χ0n) is 9.10. The van der Waals surface area contributed by atoms with Crippen molar-refractivity contribution in [2.75, 3.05) is 0 Å². The summed E-state index contributed by atoms with van der Waals surface area (Å²) in [6.45, 7) is 7.39. The van der Waals surface area contributed by atoms with Crippen molar-refractivity contribution in [1.82, 2.24) is 0 Å². The summed E-state index contributed by atoms with van der Waals surface area (Å²) < 4.78 is 5.30. The van der Waals surface area contributed by atoms with Crippen molar-refractivity contribution in [3.05, 3.63) is 72.3 Å². The molecule has 0 radical (unpaired) electrons. The number of allylic oxidation sites excluding steroid dienone is 8. The van der Waals surface area contributed by atoms with E-state index in [2.05, 4.69) is 13.2 Å². The van der Waals surface area contributed by atoms with Crippen LogP contribution in [0, 0.1) is 0 Å². The van der Waals surface area contributed by atoms with Crippen molar-refractivity contribution in [3.8, 4) is 0 Å². The molecular weight excluding hydrogens is 216 g/mol. The summed E-state index contributed by atoms with van der Waals surface area (Å²) in [6, 6.07) is 0. The minimum absolute atomic E-state index is 0.0974. The van der Waals surface area contributed by atoms with Crippen LogP contribution < -0.4 is 0 Å². The summed E-state index contributed by atoms with van der Waals surface area (Å²) in [5.41, 5.74) is 1.30. The van der Waals surface area contributed by atoms with E-state index in [-0.39, 0.29) is 23.1 Å². The fraction of sp³-hybridized carbons (Fsp3) is 0. The Kier molecular flexibility index (Phi) is 2.75. The van der Waals surface area contributed by atoms with E-state index in [0.29, 0.717) is 11.1 Å². The molecule has 17 heavy (non-hydrogen) atoms. The molecule has 0 amide bonds. The van der Waals surface area contributed by atoms with Crippen LogP contribution in [0.1, 0.15) is 0 Å². The maximum atomic E-state index is 11.5. The third-order valence-corrected chi connectivity index (χ3v) is 2.24. The number of carbonyl (C=O) groups excluding carboxylic acids is 2. The number of carbonyl (C=O) groups is 2. The smallest absolute Gasteiger partial charge is 0.221 e. The molecule has 0 fully saturated rings. The summed E-state index contributed by atoms with van der Waals surface area (Å²) in [6.07, 6.45) is 8.89. The molecule has 0 N–H and O–H groups in total. The zero-order valence-corrected chi connectivity index (χ0v) is 9.10. The Labute approximate surface area is 98.8 Å². The quantitative estimate of drug-likeness (QED) is 0.724. The van der Waals surface area contributed by atoms with Gasteiger partial charge >= 0.3 is 0 Å². The van der Waals surface area contributed by atoms with Crippen molar-refractivity contribution in [1.29, 1.82) is 0 Å². The number of hydrogen-bond donors (Lipinski definition) is 0. The van der Waals surface area contributed by atoms with Crippen molar-refractivity contribution in [2.45, 2.75) is 0 Å². The highest BCUT2D eigenvalue weighted by molar-refractivity contribution is 6.08. The van der Waals surface area contributed by atoms with Crippen LogP contribution in [-0.2, 0) is 14.3 Å². The predicted molar refractivity (Wildman–Crippen MR) is 63.8 cm³/mol. The second kappa shape index (κ2) is 4.22. The van der Waals surface area contributed by atoms with Gasteiger partial charge in [-0.2, -0.15) is 0 Å². The minimum atomic E-state index is -0.286. The average molecular weight is 226 g/mol. The lowest BCUT2D eigenvalue weighted by molar-refractivity contribution is -0.116. The summed E-state index contributed by atoms with van der Waals surface area (Å²) in [5.74, 6) is -0.377. The maximum Gasteiger partial charge on any atom is 0.221 e. The Morgan fingerprint density at radius 3 is 1.59 bits per heavy atom. The molecule has 84 valence electrons. The molecule has 3 nitrogen and oxygen atoms in total. The van der Waals surface area contributed by atoms with Gasteiger partial charge in [0.25, 0.3) is 0 Å². The second-order valence-electron chi connectivity index (χ2n) is 3.66. The number of ketones is 2. The Morgan fingerprint density at radius 2 is 1.18 bits per heavy atom. The molecule has 0 unspecified atom stereocenters. The van der Waals surface area contributed by atoms with Gasteiger partial charge in [0.1, 0.15) is 0 Å². The van der Waals surface area contributed by atoms with Gasteiger partial charge in [-0.05, 0) is 35.5 Å². The summed E-state index contributed by atoms with van der Waals surface area (Å²) in [4.78, 5) is 23.0. The molecular formula is C14H10O3. The van der Waals surface area contributed by atoms with Crippen LogP contribution >= 0.6 is 0 Å². The molecule has 0 heterocycles. The van der Waals surface area contributed by atoms with Gasteiger partial charge in [0.2, 0.25) is 11.6 Å². The highest BCUT2D eigenvalue weighted by Gasteiger charge is 2.19. The van der Waals surface area contributed by atoms with Gasteiger partial charge in [-0.1, -0.05) is 25.3 Å². The first kappa shape index (κ1) is 11.1. The molecule has 0 atom stereocenters. The Hall–Kier alpha value is -2.42. The second-order valence-corrected chi connectivity index (χ2v) is 3.66. The van der Waals surface area contributed by atoms with E-state index < -0.39 is 0 Å². The van der Waals surface area contributed by atoms with E-state index in [1.54, 1.807) is 12.2 Å². The van der Waals surface area contributed by atoms with E-state index >= 15 is 0 Å². The summed E-state index contributed by atoms with van der Waals surface area (Å²) in [5, 5.41) is 0. The fourth-order valence-corrected chi connectivity index (χ4v) is 1.38. The largest absolute Gasteiger partial charge is 0.449 e. The SMILES string of the molecule is C=C1C=CC(=O)C(OC2=CC(=C)C=CC2=O)=C1. The molecule has 2 aliphatic rings. The van der Waals surface area contributed by atoms with Crippen molar-refractivity contribution < 1.29 is 14.3 Å². The first-order valence-electron chi connectivity index (χ1n) is 5.00. The zero-order chi connectivity index (χ0) is 12.4. The molecule has 0 aromatic rings. The standard InChI is InChI=1S/C14H10O3/c1-9-3-5-11(15)13(7-9)17-14-8-10(2)4-6-12(14)16/h3-8H,1-2H2. The van der Waals surface area contributed by atoms with E-state index in [1.807, 2.05) is 0 Å². The lowest BCUT2D eigenvalue weighted by Gasteiger charge is -2.13. The molecule has 2 aliphatic carbocycles. The van der Waals surface area contributed by atoms with Crippen LogP contribution in [0.3, 0.4) is 0 Å². The van der Waals surface area contributed by atoms with Crippen molar-refractivity contribution >= 4 is 11.6 Å². The first-order valence-corrected chi connectivity index (χ1v) is 5.00. The van der Waals surface area contributed by atoms with Crippen LogP contribution in [0.25, 0.3) is 0 Å². The van der Waals surface area contributed by atoms with Gasteiger partial charge in [-0.3, -0.25) is 9.59 Å². The molecule has 0 saturated carbocycles. The minimum Gasteiger partial charge on any atom is -0.449 e. The van der Waals surface area contributed by atoms with Crippen LogP contribution in [0.5, 0.6) is 0 Å². The molecule has 0 aromatic carbocycles. The molecule has 0 bridgehead atoms. The summed E-state index contributed by atoms with van der Waals surface area (Å²) in [7, 11) is 0. The van der Waals surface area contributed by atoms with Crippen molar-refractivity contribution in [3.63, 3.8) is 0 Å². The number of hydrogen-bond acceptors (Lipinski definition) is 3. The fourth-order valence-electron chi connectivity index (χ4n) is 1.38. The first-order chi connectivity index (χ1) is 8.06.